The van der Waals surface area contributed by atoms with Crippen molar-refractivity contribution in [2.75, 3.05) is 37.9 Å². The Bertz CT molecular complexity index is 1740. The zero-order chi connectivity index (χ0) is 29.9. The van der Waals surface area contributed by atoms with Gasteiger partial charge in [-0.05, 0) is 63.0 Å². The number of carbonyl (C=O) groups is 1. The number of aromatic nitrogens is 6. The molecule has 4 heterocycles. The minimum atomic E-state index is -4.59. The molecule has 0 aliphatic heterocycles. The smallest absolute Gasteiger partial charge is 0.416 e. The third-order valence-corrected chi connectivity index (χ3v) is 6.17. The number of ether oxygens (including phenoxy) is 1. The van der Waals surface area contributed by atoms with E-state index >= 15 is 0 Å². The van der Waals surface area contributed by atoms with Crippen molar-refractivity contribution in [3.8, 4) is 17.3 Å². The van der Waals surface area contributed by atoms with Gasteiger partial charge in [-0.3, -0.25) is 14.8 Å². The minimum Gasteiger partial charge on any atom is -0.463 e. The number of likely N-dealkylation sites (N-methyl/N-ethyl adjacent to an activating group) is 1. The Labute approximate surface area is 238 Å². The van der Waals surface area contributed by atoms with Crippen molar-refractivity contribution in [3.05, 3.63) is 78.0 Å². The number of hydrogen-bond acceptors (Lipinski definition) is 9. The fourth-order valence-electron chi connectivity index (χ4n) is 3.98. The molecule has 42 heavy (non-hydrogen) atoms. The van der Waals surface area contributed by atoms with Crippen molar-refractivity contribution in [2.24, 2.45) is 0 Å². The van der Waals surface area contributed by atoms with Crippen molar-refractivity contribution < 1.29 is 22.7 Å². The number of imidazole rings is 1. The van der Waals surface area contributed by atoms with Crippen LogP contribution in [0.3, 0.4) is 0 Å². The molecule has 14 heteroatoms. The number of aromatic amines is 1. The largest absolute Gasteiger partial charge is 0.463 e. The lowest BCUT2D eigenvalue weighted by molar-refractivity contribution is -0.137. The molecule has 0 saturated carbocycles. The number of anilines is 3. The number of nitrogens with one attached hydrogen (secondary N) is 3. The van der Waals surface area contributed by atoms with Crippen LogP contribution < -0.4 is 15.4 Å². The monoisotopic (exact) mass is 577 g/mol. The van der Waals surface area contributed by atoms with Crippen LogP contribution in [0.15, 0.2) is 61.2 Å². The lowest BCUT2D eigenvalue weighted by Crippen LogP contribution is -2.19. The first-order valence-corrected chi connectivity index (χ1v) is 12.7. The first-order chi connectivity index (χ1) is 20.1. The second-order valence-corrected chi connectivity index (χ2v) is 9.55. The third-order valence-electron chi connectivity index (χ3n) is 6.17. The van der Waals surface area contributed by atoms with Gasteiger partial charge in [-0.15, -0.1) is 0 Å². The van der Waals surface area contributed by atoms with Gasteiger partial charge in [0.25, 0.3) is 11.9 Å². The molecule has 1 aromatic carbocycles. The Kier molecular flexibility index (Phi) is 7.97. The van der Waals surface area contributed by atoms with E-state index in [1.807, 2.05) is 32.0 Å². The minimum absolute atomic E-state index is 0.321. The van der Waals surface area contributed by atoms with Gasteiger partial charge in [0, 0.05) is 35.9 Å². The fraction of sp³-hybridized carbons (Fsp3) is 0.214. The second kappa shape index (κ2) is 11.8. The second-order valence-electron chi connectivity index (χ2n) is 9.55. The number of fused-ring (bicyclic) bond motifs is 1. The van der Waals surface area contributed by atoms with Crippen LogP contribution in [0.1, 0.15) is 21.6 Å². The van der Waals surface area contributed by atoms with Crippen molar-refractivity contribution in [2.45, 2.75) is 13.1 Å². The number of nitrogens with zero attached hydrogens (tertiary/aromatic N) is 6. The van der Waals surface area contributed by atoms with Crippen LogP contribution in [-0.4, -0.2) is 68.0 Å². The number of rotatable bonds is 9. The van der Waals surface area contributed by atoms with E-state index in [1.54, 1.807) is 30.5 Å². The van der Waals surface area contributed by atoms with Gasteiger partial charge in [-0.25, -0.2) is 15.0 Å². The highest BCUT2D eigenvalue weighted by Crippen LogP contribution is 2.33. The van der Waals surface area contributed by atoms with E-state index in [2.05, 4.69) is 40.5 Å². The fourth-order valence-corrected chi connectivity index (χ4v) is 3.98. The van der Waals surface area contributed by atoms with Crippen LogP contribution in [0.2, 0.25) is 0 Å². The summed E-state index contributed by atoms with van der Waals surface area (Å²) in [7, 11) is 3.89. The molecule has 1 amide bonds. The molecule has 0 saturated heterocycles. The number of carbonyl (C=O) groups excluding carboxylic acids is 1. The molecule has 5 rings (SSSR count). The highest BCUT2D eigenvalue weighted by atomic mass is 19.4. The van der Waals surface area contributed by atoms with Crippen LogP contribution in [0.25, 0.3) is 22.4 Å². The normalized spacial score (nSPS) is 11.6. The first kappa shape index (κ1) is 28.4. The van der Waals surface area contributed by atoms with E-state index in [9.17, 15) is 18.0 Å². The molecule has 4 aromatic heterocycles. The zero-order valence-electron chi connectivity index (χ0n) is 22.8. The topological polar surface area (TPSA) is 134 Å². The van der Waals surface area contributed by atoms with Gasteiger partial charge in [0.05, 0.1) is 5.56 Å². The Hall–Kier alpha value is -5.11. The maximum absolute atomic E-state index is 13.1. The summed E-state index contributed by atoms with van der Waals surface area (Å²) in [5, 5.41) is 5.88. The molecule has 3 N–H and O–H groups in total. The summed E-state index contributed by atoms with van der Waals surface area (Å²) in [6.07, 6.45) is -0.611. The molecule has 0 fully saturated rings. The lowest BCUT2D eigenvalue weighted by atomic mass is 10.1. The number of benzene rings is 1. The lowest BCUT2D eigenvalue weighted by Gasteiger charge is -2.14. The van der Waals surface area contributed by atoms with E-state index in [-0.39, 0.29) is 5.69 Å². The molecule has 0 atom stereocenters. The van der Waals surface area contributed by atoms with E-state index in [0.717, 1.165) is 17.8 Å². The number of H-pyrrole nitrogens is 1. The molecule has 5 aromatic rings. The number of pyridine rings is 2. The van der Waals surface area contributed by atoms with Crippen LogP contribution in [0.5, 0.6) is 6.01 Å². The van der Waals surface area contributed by atoms with Gasteiger partial charge in [0.2, 0.25) is 0 Å². The van der Waals surface area contributed by atoms with Crippen LogP contribution in [0, 0.1) is 6.92 Å². The number of amides is 1. The summed E-state index contributed by atoms with van der Waals surface area (Å²) < 4.78 is 45.0. The summed E-state index contributed by atoms with van der Waals surface area (Å²) in [6, 6.07) is 10.5. The summed E-state index contributed by atoms with van der Waals surface area (Å²) in [4.78, 5) is 39.3. The maximum atomic E-state index is 13.1. The Morgan fingerprint density at radius 1 is 1.05 bits per heavy atom. The predicted molar refractivity (Wildman–Crippen MR) is 151 cm³/mol. The van der Waals surface area contributed by atoms with Crippen molar-refractivity contribution in [3.63, 3.8) is 0 Å². The SMILES string of the molecule is Cc1ccc(NC(=O)c2cc(C(F)(F)F)ccn2)cc1Nc1ncccc1-c1ncnc2[nH]c(OCCN(C)C)nc12. The summed E-state index contributed by atoms with van der Waals surface area (Å²) in [5.74, 6) is -0.318. The van der Waals surface area contributed by atoms with Crippen molar-refractivity contribution in [1.82, 2.24) is 34.8 Å². The van der Waals surface area contributed by atoms with Gasteiger partial charge in [-0.1, -0.05) is 6.07 Å². The molecule has 0 radical (unpaired) electrons. The van der Waals surface area contributed by atoms with Crippen LogP contribution in [-0.2, 0) is 6.18 Å². The van der Waals surface area contributed by atoms with Gasteiger partial charge < -0.3 is 20.3 Å². The average Bonchev–Trinajstić information content (AvgIpc) is 3.38. The Balaban J connectivity index is 1.40. The van der Waals surface area contributed by atoms with Crippen molar-refractivity contribution in [1.29, 1.82) is 0 Å². The number of alkyl halides is 3. The third kappa shape index (κ3) is 6.44. The molecule has 0 spiro atoms. The molecule has 216 valence electrons. The molecular weight excluding hydrogens is 551 g/mol. The van der Waals surface area contributed by atoms with Crippen LogP contribution in [0.4, 0.5) is 30.4 Å². The molecule has 11 nitrogen and oxygen atoms in total. The van der Waals surface area contributed by atoms with Crippen LogP contribution >= 0.6 is 0 Å². The van der Waals surface area contributed by atoms with E-state index in [4.69, 9.17) is 4.74 Å². The molecular formula is C28H26F3N9O2. The zero-order valence-corrected chi connectivity index (χ0v) is 22.8. The first-order valence-electron chi connectivity index (χ1n) is 12.7. The molecule has 0 aliphatic rings. The van der Waals surface area contributed by atoms with E-state index in [0.29, 0.717) is 64.8 Å². The quantitative estimate of drug-likeness (QED) is 0.219. The van der Waals surface area contributed by atoms with Crippen molar-refractivity contribution >= 4 is 34.3 Å². The standard InChI is InChI=1S/C28H26F3N9O2/c1-16-6-7-18(36-26(41)21-13-17(8-10-32-21)28(29,30)31)14-20(16)37-24-19(5-4-9-33-24)22-23-25(35-15-34-22)39-27(38-23)42-12-11-40(2)3/h4-10,13-15H,11-12H2,1-3H3,(H,33,37)(H,36,41)(H,34,35,38,39). The summed E-state index contributed by atoms with van der Waals surface area (Å²) in [5.41, 5.74) is 2.61. The van der Waals surface area contributed by atoms with E-state index < -0.39 is 17.6 Å². The molecule has 0 unspecified atom stereocenters. The van der Waals surface area contributed by atoms with Gasteiger partial charge in [0.1, 0.15) is 35.7 Å². The molecule has 0 bridgehead atoms. The average molecular weight is 578 g/mol. The summed E-state index contributed by atoms with van der Waals surface area (Å²) >= 11 is 0. The number of halogens is 3. The highest BCUT2D eigenvalue weighted by Gasteiger charge is 2.31. The highest BCUT2D eigenvalue weighted by molar-refractivity contribution is 6.03. The predicted octanol–water partition coefficient (Wildman–Crippen LogP) is 5.07. The summed E-state index contributed by atoms with van der Waals surface area (Å²) in [6.45, 7) is 3.01. The van der Waals surface area contributed by atoms with Gasteiger partial charge in [-0.2, -0.15) is 18.2 Å². The Morgan fingerprint density at radius 3 is 2.67 bits per heavy atom. The maximum Gasteiger partial charge on any atom is 0.416 e. The number of aryl methyl sites for hydroxylation is 1. The van der Waals surface area contributed by atoms with Gasteiger partial charge >= 0.3 is 6.18 Å². The Morgan fingerprint density at radius 2 is 1.88 bits per heavy atom. The molecule has 0 aliphatic carbocycles. The number of hydrogen-bond donors (Lipinski definition) is 3. The van der Waals surface area contributed by atoms with E-state index in [1.165, 1.54) is 6.33 Å². The van der Waals surface area contributed by atoms with Gasteiger partial charge in [0.15, 0.2) is 5.65 Å².